The lowest BCUT2D eigenvalue weighted by atomic mass is 10.2. The predicted octanol–water partition coefficient (Wildman–Crippen LogP) is 3.53. The van der Waals surface area contributed by atoms with Crippen LogP contribution in [0.2, 0.25) is 0 Å². The molecule has 1 aromatic carbocycles. The first-order chi connectivity index (χ1) is 13.6. The number of aromatic nitrogens is 3. The van der Waals surface area contributed by atoms with Crippen LogP contribution in [0, 0.1) is 0 Å². The molecule has 0 saturated heterocycles. The summed E-state index contributed by atoms with van der Waals surface area (Å²) in [5, 5.41) is 11.8. The number of para-hydroxylation sites is 1. The SMILES string of the molecule is C=CCn1c(SC(C)C(=O)NCc2ccco2)nnc1-c1ccccc1OC. The van der Waals surface area contributed by atoms with Gasteiger partial charge in [-0.05, 0) is 31.2 Å². The van der Waals surface area contributed by atoms with Gasteiger partial charge in [-0.2, -0.15) is 0 Å². The Morgan fingerprint density at radius 2 is 2.18 bits per heavy atom. The fraction of sp³-hybridized carbons (Fsp3) is 0.250. The zero-order valence-electron chi connectivity index (χ0n) is 15.8. The summed E-state index contributed by atoms with van der Waals surface area (Å²) in [5.74, 6) is 1.98. The lowest BCUT2D eigenvalue weighted by Gasteiger charge is -2.13. The lowest BCUT2D eigenvalue weighted by Crippen LogP contribution is -2.30. The summed E-state index contributed by atoms with van der Waals surface area (Å²) >= 11 is 1.34. The average molecular weight is 398 g/mol. The Hall–Kier alpha value is -3.00. The number of amides is 1. The number of furan rings is 1. The van der Waals surface area contributed by atoms with E-state index in [1.807, 2.05) is 41.8 Å². The van der Waals surface area contributed by atoms with Crippen LogP contribution in [-0.4, -0.2) is 33.0 Å². The van der Waals surface area contributed by atoms with Crippen LogP contribution in [0.3, 0.4) is 0 Å². The Bertz CT molecular complexity index is 937. The summed E-state index contributed by atoms with van der Waals surface area (Å²) in [5.41, 5.74) is 0.834. The Kier molecular flexibility index (Phi) is 6.54. The first-order valence-corrected chi connectivity index (χ1v) is 9.66. The van der Waals surface area contributed by atoms with E-state index in [0.29, 0.717) is 35.6 Å². The first kappa shape index (κ1) is 19.8. The van der Waals surface area contributed by atoms with Crippen molar-refractivity contribution in [2.24, 2.45) is 0 Å². The summed E-state index contributed by atoms with van der Waals surface area (Å²) in [7, 11) is 1.62. The number of thioether (sulfide) groups is 1. The summed E-state index contributed by atoms with van der Waals surface area (Å²) in [6, 6.07) is 11.2. The van der Waals surface area contributed by atoms with E-state index < -0.39 is 0 Å². The van der Waals surface area contributed by atoms with Gasteiger partial charge >= 0.3 is 0 Å². The van der Waals surface area contributed by atoms with E-state index in [1.165, 1.54) is 11.8 Å². The summed E-state index contributed by atoms with van der Waals surface area (Å²) in [4.78, 5) is 12.4. The second-order valence-corrected chi connectivity index (χ2v) is 7.27. The van der Waals surface area contributed by atoms with Crippen molar-refractivity contribution in [1.29, 1.82) is 0 Å². The fourth-order valence-corrected chi connectivity index (χ4v) is 3.52. The smallest absolute Gasteiger partial charge is 0.233 e. The fourth-order valence-electron chi connectivity index (χ4n) is 2.64. The summed E-state index contributed by atoms with van der Waals surface area (Å²) in [6.45, 7) is 6.52. The Morgan fingerprint density at radius 1 is 1.36 bits per heavy atom. The van der Waals surface area contributed by atoms with Gasteiger partial charge in [-0.1, -0.05) is 30.0 Å². The van der Waals surface area contributed by atoms with E-state index in [2.05, 4.69) is 22.1 Å². The van der Waals surface area contributed by atoms with E-state index in [1.54, 1.807) is 25.5 Å². The van der Waals surface area contributed by atoms with Crippen molar-refractivity contribution >= 4 is 17.7 Å². The third-order valence-corrected chi connectivity index (χ3v) is 5.13. The molecule has 2 aromatic heterocycles. The quantitative estimate of drug-likeness (QED) is 0.439. The number of carbonyl (C=O) groups is 1. The van der Waals surface area contributed by atoms with Gasteiger partial charge in [-0.15, -0.1) is 16.8 Å². The van der Waals surface area contributed by atoms with Crippen LogP contribution in [0.1, 0.15) is 12.7 Å². The minimum absolute atomic E-state index is 0.103. The van der Waals surface area contributed by atoms with Crippen molar-refractivity contribution in [1.82, 2.24) is 20.1 Å². The summed E-state index contributed by atoms with van der Waals surface area (Å²) < 4.78 is 12.6. The molecule has 1 amide bonds. The van der Waals surface area contributed by atoms with E-state index in [0.717, 1.165) is 5.56 Å². The molecule has 3 aromatic rings. The number of nitrogens with one attached hydrogen (secondary N) is 1. The Morgan fingerprint density at radius 3 is 2.89 bits per heavy atom. The van der Waals surface area contributed by atoms with E-state index in [9.17, 15) is 4.79 Å². The minimum atomic E-state index is -0.353. The van der Waals surface area contributed by atoms with Crippen molar-refractivity contribution < 1.29 is 13.9 Å². The van der Waals surface area contributed by atoms with Crippen molar-refractivity contribution in [2.45, 2.75) is 30.4 Å². The second-order valence-electron chi connectivity index (χ2n) is 5.96. The third kappa shape index (κ3) is 4.45. The molecule has 146 valence electrons. The molecular weight excluding hydrogens is 376 g/mol. The van der Waals surface area contributed by atoms with Crippen molar-refractivity contribution in [3.8, 4) is 17.1 Å². The van der Waals surface area contributed by atoms with Crippen LogP contribution >= 0.6 is 11.8 Å². The highest BCUT2D eigenvalue weighted by Crippen LogP contribution is 2.32. The van der Waals surface area contributed by atoms with Gasteiger partial charge in [0.25, 0.3) is 0 Å². The van der Waals surface area contributed by atoms with Gasteiger partial charge in [-0.3, -0.25) is 9.36 Å². The number of carbonyl (C=O) groups excluding carboxylic acids is 1. The zero-order chi connectivity index (χ0) is 19.9. The van der Waals surface area contributed by atoms with E-state index in [4.69, 9.17) is 9.15 Å². The molecule has 0 bridgehead atoms. The van der Waals surface area contributed by atoms with Gasteiger partial charge in [0, 0.05) is 6.54 Å². The summed E-state index contributed by atoms with van der Waals surface area (Å²) in [6.07, 6.45) is 3.35. The molecule has 0 radical (unpaired) electrons. The number of ether oxygens (including phenoxy) is 1. The third-order valence-electron chi connectivity index (χ3n) is 4.04. The first-order valence-electron chi connectivity index (χ1n) is 8.78. The average Bonchev–Trinajstić information content (AvgIpc) is 3.37. The topological polar surface area (TPSA) is 82.2 Å². The highest BCUT2D eigenvalue weighted by molar-refractivity contribution is 8.00. The van der Waals surface area contributed by atoms with E-state index >= 15 is 0 Å². The molecule has 0 fully saturated rings. The molecule has 3 rings (SSSR count). The number of rotatable bonds is 9. The normalized spacial score (nSPS) is 11.8. The molecular formula is C20H22N4O3S. The molecule has 0 saturated carbocycles. The van der Waals surface area contributed by atoms with Crippen LogP contribution in [0.15, 0.2) is 64.9 Å². The van der Waals surface area contributed by atoms with Gasteiger partial charge in [0.05, 0.1) is 30.7 Å². The monoisotopic (exact) mass is 398 g/mol. The number of hydrogen-bond donors (Lipinski definition) is 1. The highest BCUT2D eigenvalue weighted by atomic mass is 32.2. The second kappa shape index (κ2) is 9.27. The van der Waals surface area contributed by atoms with E-state index in [-0.39, 0.29) is 11.2 Å². The Labute approximate surface area is 167 Å². The van der Waals surface area contributed by atoms with Crippen molar-refractivity contribution in [2.75, 3.05) is 7.11 Å². The molecule has 0 aliphatic heterocycles. The zero-order valence-corrected chi connectivity index (χ0v) is 16.6. The Balaban J connectivity index is 1.77. The van der Waals surface area contributed by atoms with Crippen LogP contribution in [-0.2, 0) is 17.9 Å². The molecule has 0 aliphatic rings. The van der Waals surface area contributed by atoms with Crippen LogP contribution in [0.25, 0.3) is 11.4 Å². The maximum absolute atomic E-state index is 12.4. The van der Waals surface area contributed by atoms with Crippen LogP contribution < -0.4 is 10.1 Å². The number of hydrogen-bond acceptors (Lipinski definition) is 6. The lowest BCUT2D eigenvalue weighted by molar-refractivity contribution is -0.120. The number of methoxy groups -OCH3 is 1. The van der Waals surface area contributed by atoms with Crippen LogP contribution in [0.4, 0.5) is 0 Å². The number of nitrogens with zero attached hydrogens (tertiary/aromatic N) is 3. The van der Waals surface area contributed by atoms with Crippen LogP contribution in [0.5, 0.6) is 5.75 Å². The van der Waals surface area contributed by atoms with Gasteiger partial charge in [-0.25, -0.2) is 0 Å². The molecule has 1 N–H and O–H groups in total. The predicted molar refractivity (Wildman–Crippen MR) is 108 cm³/mol. The molecule has 2 heterocycles. The number of benzene rings is 1. The van der Waals surface area contributed by atoms with Gasteiger partial charge in [0.2, 0.25) is 5.91 Å². The molecule has 28 heavy (non-hydrogen) atoms. The maximum Gasteiger partial charge on any atom is 0.233 e. The molecule has 1 unspecified atom stereocenters. The van der Waals surface area contributed by atoms with Crippen molar-refractivity contribution in [3.05, 3.63) is 61.1 Å². The molecule has 0 aliphatic carbocycles. The van der Waals surface area contributed by atoms with Gasteiger partial charge in [0.15, 0.2) is 11.0 Å². The highest BCUT2D eigenvalue weighted by Gasteiger charge is 2.21. The standard InChI is InChI=1S/C20H22N4O3S/c1-4-11-24-18(16-9-5-6-10-17(16)26-3)22-23-20(24)28-14(2)19(25)21-13-15-8-7-12-27-15/h4-10,12,14H,1,11,13H2,2-3H3,(H,21,25). The van der Waals surface area contributed by atoms with Gasteiger partial charge in [0.1, 0.15) is 11.5 Å². The maximum atomic E-state index is 12.4. The van der Waals surface area contributed by atoms with Crippen molar-refractivity contribution in [3.63, 3.8) is 0 Å². The minimum Gasteiger partial charge on any atom is -0.496 e. The number of allylic oxidation sites excluding steroid dienone is 1. The van der Waals surface area contributed by atoms with Gasteiger partial charge < -0.3 is 14.5 Å². The molecule has 8 heteroatoms. The molecule has 7 nitrogen and oxygen atoms in total. The molecule has 1 atom stereocenters. The molecule has 0 spiro atoms. The largest absolute Gasteiger partial charge is 0.496 e.